The first kappa shape index (κ1) is 15.5. The van der Waals surface area contributed by atoms with Gasteiger partial charge < -0.3 is 14.2 Å². The Morgan fingerprint density at radius 2 is 1.60 bits per heavy atom. The summed E-state index contributed by atoms with van der Waals surface area (Å²) in [7, 11) is -0.393. The highest BCUT2D eigenvalue weighted by Gasteiger charge is 2.38. The third-order valence-electron chi connectivity index (χ3n) is 5.32. The van der Waals surface area contributed by atoms with E-state index in [1.54, 1.807) is 0 Å². The van der Waals surface area contributed by atoms with E-state index >= 15 is 0 Å². The van der Waals surface area contributed by atoms with Gasteiger partial charge in [0.05, 0.1) is 18.8 Å². The number of rotatable bonds is 1. The van der Waals surface area contributed by atoms with E-state index in [1.807, 2.05) is 0 Å². The van der Waals surface area contributed by atoms with Gasteiger partial charge in [0.1, 0.15) is 23.6 Å². The summed E-state index contributed by atoms with van der Waals surface area (Å²) in [6.45, 7) is 8.50. The Hall–Kier alpha value is -1.73. The van der Waals surface area contributed by atoms with Crippen LogP contribution in [0.15, 0.2) is 24.3 Å². The molecule has 0 fully saturated rings. The lowest BCUT2D eigenvalue weighted by atomic mass is 9.96. The largest absolute Gasteiger partial charge is 0.492 e. The molecule has 0 spiro atoms. The Bertz CT molecular complexity index is 834. The van der Waals surface area contributed by atoms with Crippen LogP contribution < -0.4 is 19.5 Å². The third kappa shape index (κ3) is 2.29. The molecule has 1 unspecified atom stereocenters. The van der Waals surface area contributed by atoms with Gasteiger partial charge in [0.2, 0.25) is 0 Å². The number of benzene rings is 2. The van der Waals surface area contributed by atoms with Crippen LogP contribution in [-0.4, -0.2) is 24.7 Å². The molecule has 0 amide bonds. The van der Waals surface area contributed by atoms with Crippen molar-refractivity contribution in [1.82, 2.24) is 0 Å². The molecular formula is C21H23O3P. The lowest BCUT2D eigenvalue weighted by molar-refractivity contribution is 0.345. The summed E-state index contributed by atoms with van der Waals surface area (Å²) in [5.74, 6) is 3.11. The van der Waals surface area contributed by atoms with Gasteiger partial charge in [-0.15, -0.1) is 0 Å². The van der Waals surface area contributed by atoms with E-state index in [2.05, 4.69) is 45.0 Å². The fourth-order valence-corrected chi connectivity index (χ4v) is 6.42. The Balaban J connectivity index is 1.79. The summed E-state index contributed by atoms with van der Waals surface area (Å²) in [5, 5.41) is 1.59. The third-order valence-corrected chi connectivity index (χ3v) is 8.33. The van der Waals surface area contributed by atoms with Gasteiger partial charge in [0, 0.05) is 23.7 Å². The summed E-state index contributed by atoms with van der Waals surface area (Å²) in [6, 6.07) is 8.73. The minimum absolute atomic E-state index is 0.208. The van der Waals surface area contributed by atoms with Crippen molar-refractivity contribution in [3.63, 3.8) is 0 Å². The first-order chi connectivity index (χ1) is 12.0. The van der Waals surface area contributed by atoms with Crippen molar-refractivity contribution < 1.29 is 14.2 Å². The molecule has 0 aliphatic carbocycles. The van der Waals surface area contributed by atoms with E-state index in [4.69, 9.17) is 14.2 Å². The van der Waals surface area contributed by atoms with Gasteiger partial charge in [0.15, 0.2) is 0 Å². The zero-order chi connectivity index (χ0) is 17.2. The van der Waals surface area contributed by atoms with Crippen molar-refractivity contribution in [2.45, 2.75) is 38.8 Å². The van der Waals surface area contributed by atoms with E-state index in [1.165, 1.54) is 27.6 Å². The second-order valence-electron chi connectivity index (χ2n) is 7.95. The van der Waals surface area contributed by atoms with Gasteiger partial charge in [-0.05, 0) is 36.3 Å². The highest BCUT2D eigenvalue weighted by molar-refractivity contribution is 7.67. The van der Waals surface area contributed by atoms with Crippen LogP contribution in [0.25, 0.3) is 11.1 Å². The number of hydrogen-bond donors (Lipinski definition) is 0. The van der Waals surface area contributed by atoms with Crippen LogP contribution >= 0.6 is 7.92 Å². The monoisotopic (exact) mass is 354 g/mol. The van der Waals surface area contributed by atoms with Gasteiger partial charge in [-0.1, -0.05) is 32.9 Å². The number of ether oxygens (including phenoxy) is 3. The zero-order valence-electron chi connectivity index (χ0n) is 15.0. The van der Waals surface area contributed by atoms with E-state index in [9.17, 15) is 0 Å². The maximum atomic E-state index is 6.09. The fraction of sp³-hybridized carbons (Fsp3) is 0.429. The molecule has 0 bridgehead atoms. The van der Waals surface area contributed by atoms with Crippen LogP contribution in [0.4, 0.5) is 0 Å². The van der Waals surface area contributed by atoms with Crippen molar-refractivity contribution in [3.8, 4) is 28.4 Å². The second-order valence-corrected chi connectivity index (χ2v) is 10.9. The predicted octanol–water partition coefficient (Wildman–Crippen LogP) is 4.48. The molecule has 2 aromatic carbocycles. The SMILES string of the molecule is CC(C)(C)P1COc2cccc(-c3c4c(cc5c3OCC5)CCO4)c21. The Labute approximate surface area is 150 Å². The van der Waals surface area contributed by atoms with Gasteiger partial charge in [-0.2, -0.15) is 0 Å². The average Bonchev–Trinajstić information content (AvgIpc) is 3.29. The Kier molecular flexibility index (Phi) is 3.34. The molecule has 0 radical (unpaired) electrons. The first-order valence-corrected chi connectivity index (χ1v) is 10.5. The van der Waals surface area contributed by atoms with Gasteiger partial charge in [0.25, 0.3) is 0 Å². The average molecular weight is 354 g/mol. The minimum atomic E-state index is -0.393. The lowest BCUT2D eigenvalue weighted by Gasteiger charge is -2.28. The van der Waals surface area contributed by atoms with E-state index in [-0.39, 0.29) is 5.16 Å². The molecule has 0 aromatic heterocycles. The molecule has 25 heavy (non-hydrogen) atoms. The maximum absolute atomic E-state index is 6.09. The van der Waals surface area contributed by atoms with Crippen LogP contribution in [0.3, 0.4) is 0 Å². The van der Waals surface area contributed by atoms with Crippen LogP contribution in [0.2, 0.25) is 0 Å². The quantitative estimate of drug-likeness (QED) is 0.707. The molecule has 2 aromatic rings. The highest BCUT2D eigenvalue weighted by atomic mass is 31.1. The molecule has 4 heteroatoms. The van der Waals surface area contributed by atoms with Crippen LogP contribution in [0, 0.1) is 0 Å². The smallest absolute Gasteiger partial charge is 0.134 e. The van der Waals surface area contributed by atoms with Crippen molar-refractivity contribution in [2.24, 2.45) is 0 Å². The number of hydrogen-bond acceptors (Lipinski definition) is 3. The molecule has 3 aliphatic heterocycles. The molecule has 3 aliphatic rings. The molecule has 1 atom stereocenters. The number of fused-ring (bicyclic) bond motifs is 3. The van der Waals surface area contributed by atoms with Crippen LogP contribution in [-0.2, 0) is 12.8 Å². The Morgan fingerprint density at radius 1 is 0.920 bits per heavy atom. The van der Waals surface area contributed by atoms with E-state index in [0.29, 0.717) is 0 Å². The molecule has 0 N–H and O–H groups in total. The second kappa shape index (κ2) is 5.38. The first-order valence-electron chi connectivity index (χ1n) is 9.02. The normalized spacial score (nSPS) is 20.4. The van der Waals surface area contributed by atoms with Gasteiger partial charge in [-0.25, -0.2) is 0 Å². The molecule has 5 rings (SSSR count). The summed E-state index contributed by atoms with van der Waals surface area (Å²) < 4.78 is 18.2. The minimum Gasteiger partial charge on any atom is -0.492 e. The highest BCUT2D eigenvalue weighted by Crippen LogP contribution is 2.58. The van der Waals surface area contributed by atoms with E-state index < -0.39 is 7.92 Å². The predicted molar refractivity (Wildman–Crippen MR) is 102 cm³/mol. The standard InChI is InChI=1S/C21H23O3P/c1-21(2,3)25-12-24-16-6-4-5-15(20(16)25)17-18-13(7-9-22-18)11-14-8-10-23-19(14)17/h4-6,11H,7-10,12H2,1-3H3. The topological polar surface area (TPSA) is 27.7 Å². The molecule has 0 saturated heterocycles. The van der Waals surface area contributed by atoms with Crippen molar-refractivity contribution in [2.75, 3.05) is 19.6 Å². The summed E-state index contributed by atoms with van der Waals surface area (Å²) in [6.07, 6.45) is 2.80. The van der Waals surface area contributed by atoms with Gasteiger partial charge in [-0.3, -0.25) is 0 Å². The summed E-state index contributed by atoms with van der Waals surface area (Å²) in [4.78, 5) is 0. The summed E-state index contributed by atoms with van der Waals surface area (Å²) >= 11 is 0. The lowest BCUT2D eigenvalue weighted by Crippen LogP contribution is -2.19. The van der Waals surface area contributed by atoms with E-state index in [0.717, 1.165) is 49.7 Å². The molecule has 130 valence electrons. The van der Waals surface area contributed by atoms with Crippen LogP contribution in [0.5, 0.6) is 17.2 Å². The van der Waals surface area contributed by atoms with Crippen molar-refractivity contribution >= 4 is 13.2 Å². The van der Waals surface area contributed by atoms with Gasteiger partial charge >= 0.3 is 0 Å². The molecule has 0 saturated carbocycles. The molecule has 3 nitrogen and oxygen atoms in total. The Morgan fingerprint density at radius 3 is 2.24 bits per heavy atom. The molecule has 3 heterocycles. The van der Waals surface area contributed by atoms with Crippen molar-refractivity contribution in [3.05, 3.63) is 35.4 Å². The van der Waals surface area contributed by atoms with Crippen molar-refractivity contribution in [1.29, 1.82) is 0 Å². The fourth-order valence-electron chi connectivity index (χ4n) is 4.08. The van der Waals surface area contributed by atoms with Crippen LogP contribution in [0.1, 0.15) is 31.9 Å². The zero-order valence-corrected chi connectivity index (χ0v) is 15.9. The summed E-state index contributed by atoms with van der Waals surface area (Å²) in [5.41, 5.74) is 5.08. The maximum Gasteiger partial charge on any atom is 0.134 e. The molecular weight excluding hydrogens is 331 g/mol.